The Bertz CT molecular complexity index is 801. The summed E-state index contributed by atoms with van der Waals surface area (Å²) in [5.74, 6) is -0.221. The smallest absolute Gasteiger partial charge is 0.273 e. The van der Waals surface area contributed by atoms with Crippen LogP contribution in [0.15, 0.2) is 60.7 Å². The van der Waals surface area contributed by atoms with Crippen LogP contribution in [0, 0.1) is 0 Å². The minimum Gasteiger partial charge on any atom is -0.330 e. The lowest BCUT2D eigenvalue weighted by Gasteiger charge is -2.06. The number of aromatic nitrogens is 2. The Kier molecular flexibility index (Phi) is 4.63. The van der Waals surface area contributed by atoms with E-state index >= 15 is 0 Å². The molecule has 3 rings (SSSR count). The molecule has 1 aromatic heterocycles. The second-order valence-corrected chi connectivity index (χ2v) is 5.49. The molecule has 0 saturated heterocycles. The zero-order valence-corrected chi connectivity index (χ0v) is 13.4. The summed E-state index contributed by atoms with van der Waals surface area (Å²) in [6.07, 6.45) is 1.95. The van der Waals surface area contributed by atoms with Gasteiger partial charge >= 0.3 is 0 Å². The van der Waals surface area contributed by atoms with Crippen molar-refractivity contribution in [1.82, 2.24) is 10.2 Å². The van der Waals surface area contributed by atoms with Gasteiger partial charge in [-0.15, -0.1) is 0 Å². The van der Waals surface area contributed by atoms with Crippen molar-refractivity contribution in [3.8, 4) is 11.3 Å². The zero-order chi connectivity index (χ0) is 16.1. The van der Waals surface area contributed by atoms with E-state index in [2.05, 4.69) is 20.2 Å². The molecule has 1 heterocycles. The number of benzene rings is 2. The fourth-order valence-corrected chi connectivity index (χ4v) is 2.53. The molecule has 0 unspecified atom stereocenters. The van der Waals surface area contributed by atoms with Gasteiger partial charge in [0.1, 0.15) is 5.69 Å². The number of carbonyl (C=O) groups excluding carboxylic acids is 1. The number of aromatic amines is 1. The minimum atomic E-state index is -0.221. The number of hydrogen-bond acceptors (Lipinski definition) is 4. The lowest BCUT2D eigenvalue weighted by molar-refractivity contribution is 0.102. The third-order valence-electron chi connectivity index (χ3n) is 3.23. The van der Waals surface area contributed by atoms with Crippen LogP contribution >= 0.6 is 11.9 Å². The molecule has 0 fully saturated rings. The van der Waals surface area contributed by atoms with E-state index in [0.29, 0.717) is 5.69 Å². The van der Waals surface area contributed by atoms with Crippen LogP contribution in [-0.4, -0.2) is 22.4 Å². The summed E-state index contributed by atoms with van der Waals surface area (Å²) in [4.78, 5) is 12.3. The Morgan fingerprint density at radius 1 is 1.04 bits per heavy atom. The number of rotatable bonds is 5. The summed E-state index contributed by atoms with van der Waals surface area (Å²) < 4.78 is 3.13. The fourth-order valence-electron chi connectivity index (χ4n) is 2.17. The van der Waals surface area contributed by atoms with Crippen molar-refractivity contribution >= 4 is 29.2 Å². The SMILES string of the molecule is CSNc1cccc(NC(=O)c2cc(-c3ccccc3)n[nH]2)c1. The van der Waals surface area contributed by atoms with Gasteiger partial charge in [-0.1, -0.05) is 48.3 Å². The van der Waals surface area contributed by atoms with Gasteiger partial charge in [0, 0.05) is 23.2 Å². The van der Waals surface area contributed by atoms with Crippen molar-refractivity contribution in [2.75, 3.05) is 16.3 Å². The Labute approximate surface area is 138 Å². The predicted octanol–water partition coefficient (Wildman–Crippen LogP) is 4.02. The van der Waals surface area contributed by atoms with Crippen LogP contribution < -0.4 is 10.0 Å². The highest BCUT2D eigenvalue weighted by Crippen LogP contribution is 2.20. The van der Waals surface area contributed by atoms with E-state index in [1.807, 2.05) is 60.9 Å². The monoisotopic (exact) mass is 324 g/mol. The lowest BCUT2D eigenvalue weighted by Crippen LogP contribution is -2.12. The summed E-state index contributed by atoms with van der Waals surface area (Å²) in [5.41, 5.74) is 3.80. The topological polar surface area (TPSA) is 69.8 Å². The van der Waals surface area contributed by atoms with Gasteiger partial charge in [-0.2, -0.15) is 5.10 Å². The first-order valence-electron chi connectivity index (χ1n) is 7.07. The van der Waals surface area contributed by atoms with E-state index in [4.69, 9.17) is 0 Å². The van der Waals surface area contributed by atoms with Crippen LogP contribution in [0.4, 0.5) is 11.4 Å². The van der Waals surface area contributed by atoms with Crippen molar-refractivity contribution in [2.24, 2.45) is 0 Å². The van der Waals surface area contributed by atoms with Crippen molar-refractivity contribution in [1.29, 1.82) is 0 Å². The van der Waals surface area contributed by atoms with Crippen LogP contribution in [0.25, 0.3) is 11.3 Å². The van der Waals surface area contributed by atoms with E-state index in [9.17, 15) is 4.79 Å². The van der Waals surface area contributed by atoms with E-state index < -0.39 is 0 Å². The Balaban J connectivity index is 1.74. The molecule has 0 saturated carbocycles. The molecule has 0 atom stereocenters. The molecule has 23 heavy (non-hydrogen) atoms. The average molecular weight is 324 g/mol. The summed E-state index contributed by atoms with van der Waals surface area (Å²) >= 11 is 1.50. The van der Waals surface area contributed by atoms with Crippen molar-refractivity contribution in [3.63, 3.8) is 0 Å². The maximum Gasteiger partial charge on any atom is 0.273 e. The highest BCUT2D eigenvalue weighted by molar-refractivity contribution is 7.99. The standard InChI is InChI=1S/C17H16N4OS/c1-23-21-14-9-5-8-13(10-14)18-17(22)16-11-15(19-20-16)12-6-3-2-4-7-12/h2-11,21H,1H3,(H,18,22)(H,19,20). The molecule has 1 amide bonds. The minimum absolute atomic E-state index is 0.221. The lowest BCUT2D eigenvalue weighted by atomic mass is 10.1. The second-order valence-electron chi connectivity index (χ2n) is 4.87. The molecule has 0 spiro atoms. The normalized spacial score (nSPS) is 10.3. The van der Waals surface area contributed by atoms with Crippen molar-refractivity contribution in [2.45, 2.75) is 0 Å². The summed E-state index contributed by atoms with van der Waals surface area (Å²) in [6.45, 7) is 0. The largest absolute Gasteiger partial charge is 0.330 e. The molecule has 2 aromatic carbocycles. The number of amides is 1. The number of carbonyl (C=O) groups is 1. The van der Waals surface area contributed by atoms with Crippen molar-refractivity contribution < 1.29 is 4.79 Å². The van der Waals surface area contributed by atoms with E-state index in [1.54, 1.807) is 6.07 Å². The molecular formula is C17H16N4OS. The number of H-pyrrole nitrogens is 1. The molecule has 6 heteroatoms. The highest BCUT2D eigenvalue weighted by Gasteiger charge is 2.11. The first-order chi connectivity index (χ1) is 11.3. The number of nitrogens with one attached hydrogen (secondary N) is 3. The van der Waals surface area contributed by atoms with Crippen LogP contribution in [0.3, 0.4) is 0 Å². The molecule has 0 radical (unpaired) electrons. The number of anilines is 2. The molecule has 116 valence electrons. The van der Waals surface area contributed by atoms with E-state index in [-0.39, 0.29) is 5.91 Å². The van der Waals surface area contributed by atoms with Crippen LogP contribution in [0.2, 0.25) is 0 Å². The number of hydrogen-bond donors (Lipinski definition) is 3. The maximum atomic E-state index is 12.3. The Morgan fingerprint density at radius 3 is 2.61 bits per heavy atom. The van der Waals surface area contributed by atoms with Gasteiger partial charge in [0.25, 0.3) is 5.91 Å². The van der Waals surface area contributed by atoms with Crippen molar-refractivity contribution in [3.05, 3.63) is 66.4 Å². The van der Waals surface area contributed by atoms with Gasteiger partial charge in [0.2, 0.25) is 0 Å². The molecule has 0 aliphatic carbocycles. The van der Waals surface area contributed by atoms with Gasteiger partial charge in [0.05, 0.1) is 5.69 Å². The molecule has 5 nitrogen and oxygen atoms in total. The van der Waals surface area contributed by atoms with Gasteiger partial charge in [-0.25, -0.2) is 0 Å². The van der Waals surface area contributed by atoms with Crippen LogP contribution in [0.1, 0.15) is 10.5 Å². The van der Waals surface area contributed by atoms with E-state index in [1.165, 1.54) is 11.9 Å². The van der Waals surface area contributed by atoms with Gasteiger partial charge in [0.15, 0.2) is 0 Å². The first kappa shape index (κ1) is 15.2. The predicted molar refractivity (Wildman–Crippen MR) is 95.6 cm³/mol. The molecule has 0 bridgehead atoms. The molecule has 3 aromatic rings. The quantitative estimate of drug-likeness (QED) is 0.620. The van der Waals surface area contributed by atoms with Gasteiger partial charge < -0.3 is 10.0 Å². The Morgan fingerprint density at radius 2 is 1.83 bits per heavy atom. The number of nitrogens with zero attached hydrogens (tertiary/aromatic N) is 1. The van der Waals surface area contributed by atoms with E-state index in [0.717, 1.165) is 22.6 Å². The van der Waals surface area contributed by atoms with Gasteiger partial charge in [-0.3, -0.25) is 9.89 Å². The molecule has 0 aliphatic heterocycles. The Hall–Kier alpha value is -2.73. The summed E-state index contributed by atoms with van der Waals surface area (Å²) in [5, 5.41) is 9.84. The molecule has 3 N–H and O–H groups in total. The summed E-state index contributed by atoms with van der Waals surface area (Å²) in [6, 6.07) is 19.0. The van der Waals surface area contributed by atoms with Gasteiger partial charge in [-0.05, 0) is 24.3 Å². The zero-order valence-electron chi connectivity index (χ0n) is 12.5. The first-order valence-corrected chi connectivity index (χ1v) is 8.30. The summed E-state index contributed by atoms with van der Waals surface area (Å²) in [7, 11) is 0. The van der Waals surface area contributed by atoms with Crippen LogP contribution in [0.5, 0.6) is 0 Å². The highest BCUT2D eigenvalue weighted by atomic mass is 32.2. The van der Waals surface area contributed by atoms with Crippen LogP contribution in [-0.2, 0) is 0 Å². The fraction of sp³-hybridized carbons (Fsp3) is 0.0588. The molecule has 0 aliphatic rings. The second kappa shape index (κ2) is 7.02. The third-order valence-corrected chi connectivity index (χ3v) is 3.67. The average Bonchev–Trinajstić information content (AvgIpc) is 3.06. The molecular weight excluding hydrogens is 308 g/mol. The third kappa shape index (κ3) is 3.73. The maximum absolute atomic E-state index is 12.3.